The average Bonchev–Trinajstić information content (AvgIpc) is 2.63. The monoisotopic (exact) mass is 432 g/mol. The van der Waals surface area contributed by atoms with Gasteiger partial charge in [0.05, 0.1) is 18.0 Å². The van der Waals surface area contributed by atoms with Gasteiger partial charge in [-0.3, -0.25) is 9.10 Å². The number of hydrogen-bond acceptors (Lipinski definition) is 4. The van der Waals surface area contributed by atoms with Crippen molar-refractivity contribution in [1.82, 2.24) is 5.32 Å². The molecule has 0 radical (unpaired) electrons. The molecule has 0 saturated carbocycles. The van der Waals surface area contributed by atoms with Crippen LogP contribution < -0.4 is 14.4 Å². The summed E-state index contributed by atoms with van der Waals surface area (Å²) in [6.45, 7) is 10.2. The number of amides is 1. The summed E-state index contributed by atoms with van der Waals surface area (Å²) in [5.41, 5.74) is 2.42. The van der Waals surface area contributed by atoms with Crippen LogP contribution in [0.15, 0.2) is 48.5 Å². The van der Waals surface area contributed by atoms with E-state index in [1.807, 2.05) is 50.2 Å². The van der Waals surface area contributed by atoms with Crippen molar-refractivity contribution in [2.45, 2.75) is 52.7 Å². The van der Waals surface area contributed by atoms with Crippen LogP contribution in [-0.4, -0.2) is 33.2 Å². The largest absolute Gasteiger partial charge is 0.491 e. The second kappa shape index (κ2) is 9.51. The van der Waals surface area contributed by atoms with Gasteiger partial charge in [-0.15, -0.1) is 0 Å². The van der Waals surface area contributed by atoms with Crippen molar-refractivity contribution in [1.29, 1.82) is 0 Å². The van der Waals surface area contributed by atoms with E-state index in [9.17, 15) is 13.2 Å². The SMILES string of the molecule is CC(C)Oc1ccc(CNC(=O)CN(c2ccc(C(C)(C)C)cc2)S(C)(=O)=O)cc1. The second-order valence-corrected chi connectivity index (χ2v) is 10.6. The van der Waals surface area contributed by atoms with Crippen LogP contribution in [0.4, 0.5) is 5.69 Å². The number of carbonyl (C=O) groups excluding carboxylic acids is 1. The molecule has 0 bridgehead atoms. The molecule has 2 aromatic carbocycles. The fourth-order valence-corrected chi connectivity index (χ4v) is 3.73. The molecule has 30 heavy (non-hydrogen) atoms. The Balaban J connectivity index is 2.04. The number of nitrogens with one attached hydrogen (secondary N) is 1. The van der Waals surface area contributed by atoms with Crippen molar-refractivity contribution in [3.05, 3.63) is 59.7 Å². The molecule has 0 aromatic heterocycles. The van der Waals surface area contributed by atoms with E-state index < -0.39 is 10.0 Å². The van der Waals surface area contributed by atoms with Gasteiger partial charge in [0.2, 0.25) is 15.9 Å². The Morgan fingerprint density at radius 2 is 1.60 bits per heavy atom. The highest BCUT2D eigenvalue weighted by atomic mass is 32.2. The molecule has 1 amide bonds. The lowest BCUT2D eigenvalue weighted by molar-refractivity contribution is -0.119. The molecule has 0 aliphatic carbocycles. The average molecular weight is 433 g/mol. The van der Waals surface area contributed by atoms with Gasteiger partial charge >= 0.3 is 0 Å². The molecular formula is C23H32N2O4S. The number of anilines is 1. The van der Waals surface area contributed by atoms with Crippen molar-refractivity contribution in [3.8, 4) is 5.75 Å². The van der Waals surface area contributed by atoms with E-state index in [4.69, 9.17) is 4.74 Å². The summed E-state index contributed by atoms with van der Waals surface area (Å²) in [5.74, 6) is 0.393. The van der Waals surface area contributed by atoms with Crippen molar-refractivity contribution in [2.75, 3.05) is 17.1 Å². The Kier molecular flexibility index (Phi) is 7.53. The van der Waals surface area contributed by atoms with Crippen LogP contribution in [-0.2, 0) is 26.8 Å². The standard InChI is InChI=1S/C23H32N2O4S/c1-17(2)29-21-13-7-18(8-14-21)15-24-22(26)16-25(30(6,27)28)20-11-9-19(10-12-20)23(3,4)5/h7-14,17H,15-16H2,1-6H3,(H,24,26). The molecule has 2 aromatic rings. The lowest BCUT2D eigenvalue weighted by Gasteiger charge is -2.24. The van der Waals surface area contributed by atoms with E-state index in [2.05, 4.69) is 26.1 Å². The molecule has 0 spiro atoms. The number of ether oxygens (including phenoxy) is 1. The minimum absolute atomic E-state index is 0.0401. The van der Waals surface area contributed by atoms with E-state index in [0.29, 0.717) is 12.2 Å². The molecule has 0 aliphatic heterocycles. The fraction of sp³-hybridized carbons (Fsp3) is 0.435. The summed E-state index contributed by atoms with van der Waals surface area (Å²) in [6.07, 6.45) is 1.20. The molecule has 2 rings (SSSR count). The first-order valence-corrected chi connectivity index (χ1v) is 11.8. The lowest BCUT2D eigenvalue weighted by atomic mass is 9.87. The van der Waals surface area contributed by atoms with Crippen LogP contribution in [0.3, 0.4) is 0 Å². The van der Waals surface area contributed by atoms with Gasteiger partial charge in [0, 0.05) is 6.54 Å². The predicted molar refractivity (Wildman–Crippen MR) is 121 cm³/mol. The molecule has 0 saturated heterocycles. The molecule has 7 heteroatoms. The van der Waals surface area contributed by atoms with Gasteiger partial charge in [0.25, 0.3) is 0 Å². The summed E-state index contributed by atoms with van der Waals surface area (Å²) < 4.78 is 31.3. The van der Waals surface area contributed by atoms with Crippen LogP contribution in [0.1, 0.15) is 45.7 Å². The quantitative estimate of drug-likeness (QED) is 0.687. The van der Waals surface area contributed by atoms with E-state index in [1.165, 1.54) is 0 Å². The third-order valence-electron chi connectivity index (χ3n) is 4.49. The van der Waals surface area contributed by atoms with Gasteiger partial charge in [0.15, 0.2) is 0 Å². The van der Waals surface area contributed by atoms with Gasteiger partial charge in [0.1, 0.15) is 12.3 Å². The van der Waals surface area contributed by atoms with Crippen LogP contribution in [0.5, 0.6) is 5.75 Å². The number of nitrogens with zero attached hydrogens (tertiary/aromatic N) is 1. The predicted octanol–water partition coefficient (Wildman–Crippen LogP) is 3.85. The minimum Gasteiger partial charge on any atom is -0.491 e. The summed E-state index contributed by atoms with van der Waals surface area (Å²) in [7, 11) is -3.61. The Morgan fingerprint density at radius 1 is 1.03 bits per heavy atom. The third kappa shape index (κ3) is 7.06. The summed E-state index contributed by atoms with van der Waals surface area (Å²) in [4.78, 5) is 12.4. The van der Waals surface area contributed by atoms with Crippen molar-refractivity contribution >= 4 is 21.6 Å². The molecule has 0 atom stereocenters. The molecule has 0 heterocycles. The van der Waals surface area contributed by atoms with Gasteiger partial charge in [-0.2, -0.15) is 0 Å². The lowest BCUT2D eigenvalue weighted by Crippen LogP contribution is -2.40. The number of benzene rings is 2. The second-order valence-electron chi connectivity index (χ2n) is 8.65. The van der Waals surface area contributed by atoms with Gasteiger partial charge < -0.3 is 10.1 Å². The Hall–Kier alpha value is -2.54. The number of sulfonamides is 1. The summed E-state index contributed by atoms with van der Waals surface area (Å²) in [5, 5.41) is 2.78. The molecule has 164 valence electrons. The highest BCUT2D eigenvalue weighted by Crippen LogP contribution is 2.25. The van der Waals surface area contributed by atoms with E-state index in [0.717, 1.165) is 27.4 Å². The molecule has 6 nitrogen and oxygen atoms in total. The highest BCUT2D eigenvalue weighted by molar-refractivity contribution is 7.92. The Labute approximate surface area is 180 Å². The van der Waals surface area contributed by atoms with Gasteiger partial charge in [-0.1, -0.05) is 45.0 Å². The molecule has 0 fully saturated rings. The molecule has 0 aliphatic rings. The molecule has 0 unspecified atom stereocenters. The first-order chi connectivity index (χ1) is 13.9. The van der Waals surface area contributed by atoms with Crippen molar-refractivity contribution < 1.29 is 17.9 Å². The zero-order valence-corrected chi connectivity index (χ0v) is 19.4. The van der Waals surface area contributed by atoms with E-state index >= 15 is 0 Å². The maximum Gasteiger partial charge on any atom is 0.241 e. The zero-order valence-electron chi connectivity index (χ0n) is 18.6. The number of carbonyl (C=O) groups is 1. The highest BCUT2D eigenvalue weighted by Gasteiger charge is 2.22. The summed E-state index contributed by atoms with van der Waals surface area (Å²) in [6, 6.07) is 14.7. The maximum atomic E-state index is 12.4. The zero-order chi connectivity index (χ0) is 22.5. The number of rotatable bonds is 8. The Bertz CT molecular complexity index is 944. The topological polar surface area (TPSA) is 75.7 Å². The third-order valence-corrected chi connectivity index (χ3v) is 5.63. The maximum absolute atomic E-state index is 12.4. The fourth-order valence-electron chi connectivity index (χ4n) is 2.87. The van der Waals surface area contributed by atoms with Crippen LogP contribution in [0, 0.1) is 0 Å². The molecule has 1 N–H and O–H groups in total. The van der Waals surface area contributed by atoms with E-state index in [-0.39, 0.29) is 24.0 Å². The molecular weight excluding hydrogens is 400 g/mol. The summed E-state index contributed by atoms with van der Waals surface area (Å²) >= 11 is 0. The smallest absolute Gasteiger partial charge is 0.241 e. The normalized spacial score (nSPS) is 12.0. The van der Waals surface area contributed by atoms with Crippen LogP contribution >= 0.6 is 0 Å². The Morgan fingerprint density at radius 3 is 2.07 bits per heavy atom. The minimum atomic E-state index is -3.61. The van der Waals surface area contributed by atoms with Crippen molar-refractivity contribution in [2.24, 2.45) is 0 Å². The first kappa shape index (κ1) is 23.7. The number of hydrogen-bond donors (Lipinski definition) is 1. The van der Waals surface area contributed by atoms with Crippen molar-refractivity contribution in [3.63, 3.8) is 0 Å². The van der Waals surface area contributed by atoms with Gasteiger partial charge in [-0.25, -0.2) is 8.42 Å². The van der Waals surface area contributed by atoms with E-state index in [1.54, 1.807) is 12.1 Å². The van der Waals surface area contributed by atoms with Crippen LogP contribution in [0.25, 0.3) is 0 Å². The van der Waals surface area contributed by atoms with Crippen LogP contribution in [0.2, 0.25) is 0 Å². The van der Waals surface area contributed by atoms with Gasteiger partial charge in [-0.05, 0) is 54.7 Å². The first-order valence-electron chi connectivity index (χ1n) is 9.97.